The lowest BCUT2D eigenvalue weighted by Crippen LogP contribution is -2.32. The van der Waals surface area contributed by atoms with Crippen molar-refractivity contribution < 1.29 is 27.8 Å². The van der Waals surface area contributed by atoms with Crippen LogP contribution >= 0.6 is 0 Å². The number of hydrogen-bond donors (Lipinski definition) is 3. The smallest absolute Gasteiger partial charge is 0.429 e. The number of alkyl halides is 3. The molecule has 0 radical (unpaired) electrons. The lowest BCUT2D eigenvalue weighted by Gasteiger charge is -2.28. The van der Waals surface area contributed by atoms with Crippen molar-refractivity contribution in [3.8, 4) is 28.3 Å². The van der Waals surface area contributed by atoms with Crippen LogP contribution in [-0.2, 0) is 11.2 Å². The molecule has 0 aliphatic rings. The van der Waals surface area contributed by atoms with E-state index in [1.165, 1.54) is 6.07 Å². The van der Waals surface area contributed by atoms with E-state index in [4.69, 9.17) is 21.3 Å². The van der Waals surface area contributed by atoms with Gasteiger partial charge in [-0.1, -0.05) is 66.7 Å². The Bertz CT molecular complexity index is 1480. The maximum atomic E-state index is 14.7. The maximum absolute atomic E-state index is 14.7. The predicted molar refractivity (Wildman–Crippen MR) is 147 cm³/mol. The van der Waals surface area contributed by atoms with Crippen LogP contribution in [0.5, 0.6) is 5.88 Å². The first-order valence-electron chi connectivity index (χ1n) is 12.3. The Morgan fingerprint density at radius 1 is 0.975 bits per heavy atom. The van der Waals surface area contributed by atoms with Crippen molar-refractivity contribution >= 4 is 17.6 Å². The summed E-state index contributed by atoms with van der Waals surface area (Å²) in [5.41, 5.74) is 14.1. The van der Waals surface area contributed by atoms with Gasteiger partial charge in [-0.15, -0.1) is 0 Å². The molecule has 2 atom stereocenters. The first kappa shape index (κ1) is 28.4. The number of benzene rings is 3. The van der Waals surface area contributed by atoms with E-state index in [2.05, 4.69) is 9.97 Å². The number of nitrogens with zero attached hydrogens (tertiary/aromatic N) is 3. The number of carbonyl (C=O) groups is 1. The highest BCUT2D eigenvalue weighted by Gasteiger charge is 2.46. The molecular weight excluding hydrogens is 523 g/mol. The second-order valence-electron chi connectivity index (χ2n) is 9.33. The van der Waals surface area contributed by atoms with Gasteiger partial charge in [-0.25, -0.2) is 4.98 Å². The summed E-state index contributed by atoms with van der Waals surface area (Å²) >= 11 is 0. The van der Waals surface area contributed by atoms with Crippen molar-refractivity contribution in [2.45, 2.75) is 24.7 Å². The third kappa shape index (κ3) is 6.49. The summed E-state index contributed by atoms with van der Waals surface area (Å²) in [6.07, 6.45) is -7.07. The van der Waals surface area contributed by atoms with E-state index in [-0.39, 0.29) is 29.5 Å². The fraction of sp³-hybridized carbons (Fsp3) is 0.207. The van der Waals surface area contributed by atoms with Gasteiger partial charge in [0.1, 0.15) is 6.04 Å². The van der Waals surface area contributed by atoms with Gasteiger partial charge in [0.15, 0.2) is 0 Å². The summed E-state index contributed by atoms with van der Waals surface area (Å²) in [6.45, 7) is 0. The van der Waals surface area contributed by atoms with Gasteiger partial charge in [-0.3, -0.25) is 4.79 Å². The van der Waals surface area contributed by atoms with E-state index in [9.17, 15) is 18.0 Å². The number of aliphatic carboxylic acids is 1. The topological polar surface area (TPSA) is 128 Å². The third-order valence-electron chi connectivity index (χ3n) is 6.19. The van der Waals surface area contributed by atoms with Crippen LogP contribution in [0.4, 0.5) is 24.8 Å². The molecule has 4 aromatic rings. The van der Waals surface area contributed by atoms with Crippen molar-refractivity contribution in [1.82, 2.24) is 9.97 Å². The summed E-state index contributed by atoms with van der Waals surface area (Å²) in [7, 11) is 3.32. The van der Waals surface area contributed by atoms with Crippen molar-refractivity contribution in [2.75, 3.05) is 24.7 Å². The fourth-order valence-electron chi connectivity index (χ4n) is 4.30. The Hall–Kier alpha value is -4.64. The van der Waals surface area contributed by atoms with Crippen molar-refractivity contribution in [1.29, 1.82) is 0 Å². The van der Waals surface area contributed by atoms with Gasteiger partial charge in [0.25, 0.3) is 0 Å². The first-order valence-corrected chi connectivity index (χ1v) is 12.3. The SMILES string of the molecule is CN(C)c1cccc(-c2ccccc2)c1[C@@H](Oc1cc(-c2ccc(CC(N)C(=O)O)cc2)nc(N)n1)C(F)(F)F. The number of carboxylic acid groups (broad SMARTS) is 1. The number of hydrogen-bond acceptors (Lipinski definition) is 7. The Balaban J connectivity index is 1.75. The van der Waals surface area contributed by atoms with E-state index in [0.717, 1.165) is 0 Å². The number of ether oxygens (including phenoxy) is 1. The number of nitrogen functional groups attached to an aromatic ring is 1. The van der Waals surface area contributed by atoms with Gasteiger partial charge in [0, 0.05) is 37.0 Å². The number of nitrogens with two attached hydrogens (primary N) is 2. The molecule has 8 nitrogen and oxygen atoms in total. The molecule has 208 valence electrons. The van der Waals surface area contributed by atoms with Crippen molar-refractivity contribution in [3.05, 3.63) is 90.0 Å². The van der Waals surface area contributed by atoms with Crippen LogP contribution in [0.3, 0.4) is 0 Å². The molecule has 1 heterocycles. The van der Waals surface area contributed by atoms with E-state index in [0.29, 0.717) is 27.9 Å². The van der Waals surface area contributed by atoms with E-state index in [1.54, 1.807) is 91.8 Å². The highest BCUT2D eigenvalue weighted by atomic mass is 19.4. The Kier molecular flexibility index (Phi) is 8.24. The molecule has 40 heavy (non-hydrogen) atoms. The molecule has 3 aromatic carbocycles. The van der Waals surface area contributed by atoms with Gasteiger partial charge >= 0.3 is 12.1 Å². The zero-order chi connectivity index (χ0) is 29.0. The molecule has 4 rings (SSSR count). The summed E-state index contributed by atoms with van der Waals surface area (Å²) in [4.78, 5) is 20.7. The van der Waals surface area contributed by atoms with Crippen LogP contribution in [0.1, 0.15) is 17.2 Å². The highest BCUT2D eigenvalue weighted by Crippen LogP contribution is 2.45. The Morgan fingerprint density at radius 3 is 2.25 bits per heavy atom. The number of aromatic nitrogens is 2. The molecule has 0 saturated heterocycles. The maximum Gasteiger partial charge on any atom is 0.429 e. The largest absolute Gasteiger partial charge is 0.480 e. The van der Waals surface area contributed by atoms with E-state index < -0.39 is 24.3 Å². The second kappa shape index (κ2) is 11.6. The molecular formula is C29H28F3N5O3. The van der Waals surface area contributed by atoms with Gasteiger partial charge in [0.2, 0.25) is 17.9 Å². The highest BCUT2D eigenvalue weighted by molar-refractivity contribution is 5.76. The predicted octanol–water partition coefficient (Wildman–Crippen LogP) is 5.10. The molecule has 11 heteroatoms. The molecule has 0 bridgehead atoms. The number of anilines is 2. The van der Waals surface area contributed by atoms with Crippen molar-refractivity contribution in [3.63, 3.8) is 0 Å². The average Bonchev–Trinajstić information content (AvgIpc) is 2.91. The monoisotopic (exact) mass is 551 g/mol. The molecule has 1 unspecified atom stereocenters. The molecule has 0 aliphatic carbocycles. The molecule has 5 N–H and O–H groups in total. The lowest BCUT2D eigenvalue weighted by atomic mass is 9.93. The van der Waals surface area contributed by atoms with Crippen LogP contribution in [0, 0.1) is 0 Å². The normalized spacial score (nSPS) is 12.9. The second-order valence-corrected chi connectivity index (χ2v) is 9.33. The van der Waals surface area contributed by atoms with E-state index in [1.807, 2.05) is 0 Å². The van der Waals surface area contributed by atoms with Crippen LogP contribution in [0.15, 0.2) is 78.9 Å². The minimum Gasteiger partial charge on any atom is -0.480 e. The summed E-state index contributed by atoms with van der Waals surface area (Å²) < 4.78 is 49.7. The molecule has 0 spiro atoms. The number of carboxylic acids is 1. The molecule has 0 amide bonds. The Labute approximate surface area is 229 Å². The van der Waals surface area contributed by atoms with Gasteiger partial charge < -0.3 is 26.2 Å². The fourth-order valence-corrected chi connectivity index (χ4v) is 4.30. The average molecular weight is 552 g/mol. The first-order chi connectivity index (χ1) is 18.9. The van der Waals surface area contributed by atoms with Gasteiger partial charge in [-0.05, 0) is 29.2 Å². The molecule has 0 fully saturated rings. The molecule has 1 aromatic heterocycles. The summed E-state index contributed by atoms with van der Waals surface area (Å²) in [5.74, 6) is -1.75. The van der Waals surface area contributed by atoms with Gasteiger partial charge in [-0.2, -0.15) is 18.2 Å². The summed E-state index contributed by atoms with van der Waals surface area (Å²) in [5, 5.41) is 9.03. The number of halogens is 3. The lowest BCUT2D eigenvalue weighted by molar-refractivity contribution is -0.198. The van der Waals surface area contributed by atoms with Crippen LogP contribution < -0.4 is 21.1 Å². The Morgan fingerprint density at radius 2 is 1.65 bits per heavy atom. The van der Waals surface area contributed by atoms with Crippen LogP contribution in [0.25, 0.3) is 22.4 Å². The zero-order valence-corrected chi connectivity index (χ0v) is 21.8. The molecule has 0 saturated carbocycles. The minimum atomic E-state index is -4.81. The van der Waals surface area contributed by atoms with Crippen LogP contribution in [-0.4, -0.2) is 47.4 Å². The van der Waals surface area contributed by atoms with Crippen molar-refractivity contribution in [2.24, 2.45) is 5.73 Å². The summed E-state index contributed by atoms with van der Waals surface area (Å²) in [6, 6.07) is 20.5. The van der Waals surface area contributed by atoms with E-state index >= 15 is 0 Å². The van der Waals surface area contributed by atoms with Crippen LogP contribution in [0.2, 0.25) is 0 Å². The third-order valence-corrected chi connectivity index (χ3v) is 6.19. The van der Waals surface area contributed by atoms with Gasteiger partial charge in [0.05, 0.1) is 5.69 Å². The minimum absolute atomic E-state index is 0.0657. The quantitative estimate of drug-likeness (QED) is 0.262. The molecule has 0 aliphatic heterocycles. The standard InChI is InChI=1S/C29H28F3N5O3/c1-37(2)23-10-6-9-20(18-7-4-3-5-8-18)25(23)26(29(30,31)32)40-24-16-22(35-28(34)36-24)19-13-11-17(12-14-19)15-21(33)27(38)39/h3-14,16,21,26H,15,33H2,1-2H3,(H,38,39)(H2,34,35,36)/t21?,26-/m1/s1. The zero-order valence-electron chi connectivity index (χ0n) is 21.8. The number of rotatable bonds is 9.